The van der Waals surface area contributed by atoms with E-state index < -0.39 is 0 Å². The van der Waals surface area contributed by atoms with Crippen LogP contribution in [-0.2, 0) is 13.6 Å². The molecular weight excluding hydrogens is 522 g/mol. The maximum atomic E-state index is 6.43. The van der Waals surface area contributed by atoms with E-state index in [1.54, 1.807) is 4.68 Å². The third-order valence-electron chi connectivity index (χ3n) is 8.73. The molecular formula is C30H36ClN9. The molecule has 2 aromatic carbocycles. The lowest BCUT2D eigenvalue weighted by Gasteiger charge is -2.41. The van der Waals surface area contributed by atoms with Gasteiger partial charge in [0.15, 0.2) is 5.82 Å². The van der Waals surface area contributed by atoms with Gasteiger partial charge in [0.25, 0.3) is 0 Å². The van der Waals surface area contributed by atoms with Crippen molar-refractivity contribution >= 4 is 44.9 Å². The normalized spacial score (nSPS) is 17.3. The van der Waals surface area contributed by atoms with Crippen molar-refractivity contribution < 1.29 is 0 Å². The van der Waals surface area contributed by atoms with E-state index in [-0.39, 0.29) is 0 Å². The fourth-order valence-electron chi connectivity index (χ4n) is 6.45. The van der Waals surface area contributed by atoms with Gasteiger partial charge in [-0.25, -0.2) is 4.98 Å². The Morgan fingerprint density at radius 3 is 2.60 bits per heavy atom. The predicted molar refractivity (Wildman–Crippen MR) is 162 cm³/mol. The highest BCUT2D eigenvalue weighted by Gasteiger charge is 2.26. The summed E-state index contributed by atoms with van der Waals surface area (Å²) in [5, 5.41) is 17.4. The van der Waals surface area contributed by atoms with Gasteiger partial charge in [0.05, 0.1) is 22.2 Å². The largest absolute Gasteiger partial charge is 0.381 e. The Labute approximate surface area is 238 Å². The topological polar surface area (TPSA) is 93.7 Å². The zero-order valence-electron chi connectivity index (χ0n) is 23.2. The molecule has 3 aromatic heterocycles. The van der Waals surface area contributed by atoms with Gasteiger partial charge in [0, 0.05) is 55.0 Å². The maximum Gasteiger partial charge on any atom is 0.159 e. The summed E-state index contributed by atoms with van der Waals surface area (Å²) < 4.78 is 1.70. The number of imidazole rings is 1. The number of H-pyrrole nitrogens is 2. The fraction of sp³-hybridized carbons (Fsp3) is 0.433. The van der Waals surface area contributed by atoms with E-state index in [0.29, 0.717) is 11.7 Å². The molecule has 7 rings (SSSR count). The minimum absolute atomic E-state index is 0.597. The zero-order valence-corrected chi connectivity index (χ0v) is 23.9. The van der Waals surface area contributed by atoms with Crippen molar-refractivity contribution in [2.24, 2.45) is 7.05 Å². The summed E-state index contributed by atoms with van der Waals surface area (Å²) >= 11 is 6.43. The second-order valence-corrected chi connectivity index (χ2v) is 11.6. The van der Waals surface area contributed by atoms with E-state index in [0.717, 1.165) is 69.5 Å². The number of benzene rings is 2. The number of likely N-dealkylation sites (tertiary alicyclic amines) is 1. The van der Waals surface area contributed by atoms with Gasteiger partial charge in [-0.15, -0.1) is 0 Å². The first kappa shape index (κ1) is 25.4. The van der Waals surface area contributed by atoms with Gasteiger partial charge in [0.1, 0.15) is 10.8 Å². The monoisotopic (exact) mass is 557 g/mol. The van der Waals surface area contributed by atoms with Crippen molar-refractivity contribution in [1.82, 2.24) is 34.8 Å². The number of aromatic nitrogens is 6. The van der Waals surface area contributed by atoms with Gasteiger partial charge in [-0.05, 0) is 82.1 Å². The molecule has 3 N–H and O–H groups in total. The average Bonchev–Trinajstić information content (AvgIpc) is 3.67. The molecule has 0 bridgehead atoms. The van der Waals surface area contributed by atoms with Crippen molar-refractivity contribution in [1.29, 1.82) is 0 Å². The van der Waals surface area contributed by atoms with E-state index in [1.807, 2.05) is 26.1 Å². The quantitative estimate of drug-likeness (QED) is 0.242. The van der Waals surface area contributed by atoms with Gasteiger partial charge in [0.2, 0.25) is 0 Å². The molecule has 208 valence electrons. The SMILES string of the molecule is Cc1nn(C)c(Cl)c1CNc1ccc2[nH]nc(-c3nc4ccc(N5CCC(N6CCCCC6)CC5)cc4[nH]3)c2c1. The van der Waals surface area contributed by atoms with Crippen molar-refractivity contribution in [2.75, 3.05) is 36.4 Å². The van der Waals surface area contributed by atoms with Crippen LogP contribution in [0, 0.1) is 6.92 Å². The lowest BCUT2D eigenvalue weighted by atomic mass is 9.99. The van der Waals surface area contributed by atoms with E-state index >= 15 is 0 Å². The zero-order chi connectivity index (χ0) is 27.2. The molecule has 2 aliphatic heterocycles. The second-order valence-electron chi connectivity index (χ2n) is 11.3. The molecule has 0 atom stereocenters. The second kappa shape index (κ2) is 10.4. The Kier molecular flexibility index (Phi) is 6.64. The van der Waals surface area contributed by atoms with Crippen LogP contribution in [0.4, 0.5) is 11.4 Å². The molecule has 5 heterocycles. The van der Waals surface area contributed by atoms with Crippen molar-refractivity contribution in [2.45, 2.75) is 51.6 Å². The average molecular weight is 558 g/mol. The predicted octanol–water partition coefficient (Wildman–Crippen LogP) is 5.87. The molecule has 5 aromatic rings. The molecule has 0 radical (unpaired) electrons. The number of anilines is 2. The van der Waals surface area contributed by atoms with Crippen LogP contribution in [0.2, 0.25) is 5.15 Å². The minimum Gasteiger partial charge on any atom is -0.381 e. The standard InChI is InChI=1S/C30H36ClN9/c1-19-24(29(31)38(2)37-19)18-32-20-6-8-25-23(16-20)28(36-35-25)30-33-26-9-7-22(17-27(26)34-30)40-14-10-21(11-15-40)39-12-4-3-5-13-39/h6-9,16-17,21,32H,3-5,10-15,18H2,1-2H3,(H,33,34)(H,35,36). The fourth-order valence-corrected chi connectivity index (χ4v) is 6.69. The summed E-state index contributed by atoms with van der Waals surface area (Å²) in [5.74, 6) is 0.769. The number of hydrogen-bond acceptors (Lipinski definition) is 6. The van der Waals surface area contributed by atoms with Crippen LogP contribution >= 0.6 is 11.6 Å². The maximum absolute atomic E-state index is 6.43. The van der Waals surface area contributed by atoms with Crippen LogP contribution in [0.25, 0.3) is 33.5 Å². The summed E-state index contributed by atoms with van der Waals surface area (Å²) in [7, 11) is 1.86. The van der Waals surface area contributed by atoms with Crippen LogP contribution in [0.3, 0.4) is 0 Å². The van der Waals surface area contributed by atoms with Gasteiger partial charge in [-0.1, -0.05) is 18.0 Å². The Bertz CT molecular complexity index is 1650. The summed E-state index contributed by atoms with van der Waals surface area (Å²) in [6, 6.07) is 13.5. The number of aryl methyl sites for hydroxylation is 2. The van der Waals surface area contributed by atoms with E-state index in [4.69, 9.17) is 16.6 Å². The lowest BCUT2D eigenvalue weighted by Crippen LogP contribution is -2.46. The first-order chi connectivity index (χ1) is 19.5. The lowest BCUT2D eigenvalue weighted by molar-refractivity contribution is 0.141. The molecule has 0 amide bonds. The highest BCUT2D eigenvalue weighted by Crippen LogP contribution is 2.31. The summed E-state index contributed by atoms with van der Waals surface area (Å²) in [5.41, 5.74) is 7.96. The van der Waals surface area contributed by atoms with Gasteiger partial charge < -0.3 is 20.1 Å². The molecule has 2 aliphatic rings. The van der Waals surface area contributed by atoms with Gasteiger partial charge >= 0.3 is 0 Å². The van der Waals surface area contributed by atoms with Crippen molar-refractivity contribution in [3.63, 3.8) is 0 Å². The van der Waals surface area contributed by atoms with Gasteiger partial charge in [-0.2, -0.15) is 10.2 Å². The highest BCUT2D eigenvalue weighted by atomic mass is 35.5. The molecule has 10 heteroatoms. The number of hydrogen-bond donors (Lipinski definition) is 3. The number of halogens is 1. The number of rotatable bonds is 6. The Morgan fingerprint density at radius 1 is 1.00 bits per heavy atom. The Balaban J connectivity index is 1.09. The summed E-state index contributed by atoms with van der Waals surface area (Å²) in [6.45, 7) is 7.36. The number of nitrogens with zero attached hydrogens (tertiary/aromatic N) is 6. The molecule has 2 saturated heterocycles. The first-order valence-corrected chi connectivity index (χ1v) is 14.8. The number of fused-ring (bicyclic) bond motifs is 2. The summed E-state index contributed by atoms with van der Waals surface area (Å²) in [6.07, 6.45) is 6.61. The van der Waals surface area contributed by atoms with E-state index in [1.165, 1.54) is 50.9 Å². The molecule has 0 aliphatic carbocycles. The molecule has 0 spiro atoms. The van der Waals surface area contributed by atoms with Crippen LogP contribution < -0.4 is 10.2 Å². The van der Waals surface area contributed by atoms with Crippen LogP contribution in [0.15, 0.2) is 36.4 Å². The van der Waals surface area contributed by atoms with Crippen LogP contribution in [0.1, 0.15) is 43.4 Å². The van der Waals surface area contributed by atoms with E-state index in [9.17, 15) is 0 Å². The Morgan fingerprint density at radius 2 is 1.82 bits per heavy atom. The molecule has 0 unspecified atom stereocenters. The summed E-state index contributed by atoms with van der Waals surface area (Å²) in [4.78, 5) is 13.7. The molecule has 9 nitrogen and oxygen atoms in total. The van der Waals surface area contributed by atoms with Crippen LogP contribution in [0.5, 0.6) is 0 Å². The molecule has 2 fully saturated rings. The van der Waals surface area contributed by atoms with E-state index in [2.05, 4.69) is 59.7 Å². The third-order valence-corrected chi connectivity index (χ3v) is 9.20. The number of aromatic amines is 2. The van der Waals surface area contributed by atoms with Crippen molar-refractivity contribution in [3.8, 4) is 11.5 Å². The highest BCUT2D eigenvalue weighted by molar-refractivity contribution is 6.30. The number of nitrogens with one attached hydrogen (secondary N) is 3. The third kappa shape index (κ3) is 4.71. The smallest absolute Gasteiger partial charge is 0.159 e. The van der Waals surface area contributed by atoms with Crippen LogP contribution in [-0.4, -0.2) is 67.1 Å². The molecule has 40 heavy (non-hydrogen) atoms. The minimum atomic E-state index is 0.597. The number of piperidine rings is 2. The van der Waals surface area contributed by atoms with Gasteiger partial charge in [-0.3, -0.25) is 9.78 Å². The molecule has 0 saturated carbocycles. The van der Waals surface area contributed by atoms with Crippen molar-refractivity contribution in [3.05, 3.63) is 52.8 Å². The first-order valence-electron chi connectivity index (χ1n) is 14.4. The Hall–Kier alpha value is -3.56.